The molecule has 0 bridgehead atoms. The number of unbranched alkanes of at least 4 members (excludes halogenated alkanes) is 2. The molecule has 0 saturated heterocycles. The fourth-order valence-electron chi connectivity index (χ4n) is 1.54. The Kier molecular flexibility index (Phi) is 7.00. The lowest BCUT2D eigenvalue weighted by molar-refractivity contribution is -0.137. The van der Waals surface area contributed by atoms with E-state index in [-0.39, 0.29) is 18.3 Å². The molecule has 7 heteroatoms. The highest BCUT2D eigenvalue weighted by Crippen LogP contribution is 2.22. The molecule has 1 aromatic carbocycles. The van der Waals surface area contributed by atoms with E-state index >= 15 is 0 Å². The second-order valence-electron chi connectivity index (χ2n) is 4.21. The molecule has 0 aliphatic rings. The summed E-state index contributed by atoms with van der Waals surface area (Å²) in [7, 11) is 0. The molecule has 0 atom stereocenters. The number of urea groups is 1. The number of benzene rings is 1. The number of aliphatic carboxylic acids is 1. The Morgan fingerprint density at radius 2 is 2.00 bits per heavy atom. The maximum atomic E-state index is 12.9. The van der Waals surface area contributed by atoms with Gasteiger partial charge in [-0.1, -0.05) is 6.42 Å². The highest BCUT2D eigenvalue weighted by Gasteiger charge is 2.05. The molecular formula is C13H16BrFN2O3. The molecule has 0 unspecified atom stereocenters. The second-order valence-corrected chi connectivity index (χ2v) is 5.06. The normalized spacial score (nSPS) is 10.1. The zero-order valence-electron chi connectivity index (χ0n) is 10.8. The summed E-state index contributed by atoms with van der Waals surface area (Å²) < 4.78 is 13.3. The van der Waals surface area contributed by atoms with Gasteiger partial charge in [0.05, 0.1) is 5.69 Å². The molecule has 3 N–H and O–H groups in total. The smallest absolute Gasteiger partial charge is 0.319 e. The highest BCUT2D eigenvalue weighted by molar-refractivity contribution is 9.10. The average Bonchev–Trinajstić information content (AvgIpc) is 2.36. The number of hydrogen-bond acceptors (Lipinski definition) is 2. The van der Waals surface area contributed by atoms with Gasteiger partial charge < -0.3 is 15.7 Å². The Balaban J connectivity index is 2.22. The summed E-state index contributed by atoms with van der Waals surface area (Å²) in [4.78, 5) is 21.8. The molecule has 0 fully saturated rings. The predicted octanol–water partition coefficient (Wildman–Crippen LogP) is 3.35. The first-order chi connectivity index (χ1) is 9.49. The fourth-order valence-corrected chi connectivity index (χ4v) is 1.99. The van der Waals surface area contributed by atoms with E-state index in [1.165, 1.54) is 18.2 Å². The van der Waals surface area contributed by atoms with Crippen molar-refractivity contribution >= 4 is 33.6 Å². The van der Waals surface area contributed by atoms with E-state index in [2.05, 4.69) is 26.6 Å². The van der Waals surface area contributed by atoms with E-state index in [4.69, 9.17) is 5.11 Å². The van der Waals surface area contributed by atoms with E-state index in [1.54, 1.807) is 0 Å². The van der Waals surface area contributed by atoms with Gasteiger partial charge in [0.15, 0.2) is 0 Å². The number of carboxylic acids is 1. The number of halogens is 2. The first-order valence-electron chi connectivity index (χ1n) is 6.20. The van der Waals surface area contributed by atoms with Gasteiger partial charge in [0.25, 0.3) is 0 Å². The number of amides is 2. The zero-order chi connectivity index (χ0) is 15.0. The monoisotopic (exact) mass is 346 g/mol. The second kappa shape index (κ2) is 8.52. The quantitative estimate of drug-likeness (QED) is 0.662. The Morgan fingerprint density at radius 1 is 1.25 bits per heavy atom. The fraction of sp³-hybridized carbons (Fsp3) is 0.385. The number of carboxylic acid groups (broad SMARTS) is 1. The highest BCUT2D eigenvalue weighted by atomic mass is 79.9. The molecule has 0 aliphatic heterocycles. The maximum absolute atomic E-state index is 12.9. The summed E-state index contributed by atoms with van der Waals surface area (Å²) in [6.45, 7) is 0.463. The van der Waals surface area contributed by atoms with Crippen molar-refractivity contribution < 1.29 is 19.1 Å². The molecule has 2 amide bonds. The van der Waals surface area contributed by atoms with Crippen LogP contribution in [0.4, 0.5) is 14.9 Å². The van der Waals surface area contributed by atoms with E-state index in [9.17, 15) is 14.0 Å². The van der Waals surface area contributed by atoms with Crippen LogP contribution in [0.25, 0.3) is 0 Å². The molecule has 110 valence electrons. The number of nitrogens with one attached hydrogen (secondary N) is 2. The summed E-state index contributed by atoms with van der Waals surface area (Å²) in [5.74, 6) is -1.20. The van der Waals surface area contributed by atoms with Crippen LogP contribution in [-0.2, 0) is 4.79 Å². The van der Waals surface area contributed by atoms with Crippen LogP contribution in [0.3, 0.4) is 0 Å². The number of carbonyl (C=O) groups is 2. The summed E-state index contributed by atoms with van der Waals surface area (Å²) >= 11 is 3.15. The minimum Gasteiger partial charge on any atom is -0.481 e. The minimum atomic E-state index is -0.808. The Hall–Kier alpha value is -1.63. The lowest BCUT2D eigenvalue weighted by atomic mass is 10.2. The maximum Gasteiger partial charge on any atom is 0.319 e. The van der Waals surface area contributed by atoms with Crippen LogP contribution in [0.15, 0.2) is 22.7 Å². The summed E-state index contributed by atoms with van der Waals surface area (Å²) in [6, 6.07) is 3.61. The van der Waals surface area contributed by atoms with Gasteiger partial charge in [0.1, 0.15) is 5.82 Å². The van der Waals surface area contributed by atoms with Gasteiger partial charge in [-0.3, -0.25) is 4.79 Å². The Bertz CT molecular complexity index is 483. The number of anilines is 1. The first kappa shape index (κ1) is 16.4. The average molecular weight is 347 g/mol. The van der Waals surface area contributed by atoms with Crippen molar-refractivity contribution in [2.45, 2.75) is 25.7 Å². The third-order valence-corrected chi connectivity index (χ3v) is 3.19. The van der Waals surface area contributed by atoms with Crippen LogP contribution in [0.1, 0.15) is 25.7 Å². The SMILES string of the molecule is O=C(O)CCCCCNC(=O)Nc1ccc(F)cc1Br. The molecule has 0 radical (unpaired) electrons. The lowest BCUT2D eigenvalue weighted by Gasteiger charge is -2.09. The van der Waals surface area contributed by atoms with Crippen LogP contribution >= 0.6 is 15.9 Å². The lowest BCUT2D eigenvalue weighted by Crippen LogP contribution is -2.29. The molecule has 0 saturated carbocycles. The van der Waals surface area contributed by atoms with Gasteiger partial charge in [-0.2, -0.15) is 0 Å². The predicted molar refractivity (Wildman–Crippen MR) is 77.2 cm³/mol. The van der Waals surface area contributed by atoms with Crippen LogP contribution < -0.4 is 10.6 Å². The number of rotatable bonds is 7. The molecule has 20 heavy (non-hydrogen) atoms. The molecule has 0 spiro atoms. The Labute approximate surface area is 124 Å². The molecular weight excluding hydrogens is 331 g/mol. The van der Waals surface area contributed by atoms with Gasteiger partial charge in [-0.15, -0.1) is 0 Å². The van der Waals surface area contributed by atoms with Crippen LogP contribution in [0, 0.1) is 5.82 Å². The van der Waals surface area contributed by atoms with Crippen LogP contribution in [0.5, 0.6) is 0 Å². The van der Waals surface area contributed by atoms with Crippen LogP contribution in [0.2, 0.25) is 0 Å². The first-order valence-corrected chi connectivity index (χ1v) is 7.00. The van der Waals surface area contributed by atoms with Gasteiger partial charge >= 0.3 is 12.0 Å². The summed E-state index contributed by atoms with van der Waals surface area (Å²) in [5, 5.41) is 13.7. The molecule has 0 aliphatic carbocycles. The van der Waals surface area contributed by atoms with Crippen molar-refractivity contribution in [3.63, 3.8) is 0 Å². The van der Waals surface area contributed by atoms with Gasteiger partial charge in [0, 0.05) is 17.4 Å². The number of hydrogen-bond donors (Lipinski definition) is 3. The van der Waals surface area contributed by atoms with Crippen molar-refractivity contribution in [3.05, 3.63) is 28.5 Å². The van der Waals surface area contributed by atoms with E-state index in [1.807, 2.05) is 0 Å². The van der Waals surface area contributed by atoms with Crippen molar-refractivity contribution in [2.24, 2.45) is 0 Å². The molecule has 0 heterocycles. The molecule has 1 rings (SSSR count). The van der Waals surface area contributed by atoms with Crippen molar-refractivity contribution in [1.82, 2.24) is 5.32 Å². The largest absolute Gasteiger partial charge is 0.481 e. The molecule has 1 aromatic rings. The van der Waals surface area contributed by atoms with E-state index in [0.717, 1.165) is 6.42 Å². The third kappa shape index (κ3) is 6.51. The van der Waals surface area contributed by atoms with Crippen molar-refractivity contribution in [3.8, 4) is 0 Å². The van der Waals surface area contributed by atoms with Crippen molar-refractivity contribution in [2.75, 3.05) is 11.9 Å². The molecule has 5 nitrogen and oxygen atoms in total. The van der Waals surface area contributed by atoms with E-state index < -0.39 is 5.97 Å². The topological polar surface area (TPSA) is 78.4 Å². The number of carbonyl (C=O) groups excluding carboxylic acids is 1. The zero-order valence-corrected chi connectivity index (χ0v) is 12.4. The van der Waals surface area contributed by atoms with E-state index in [0.29, 0.717) is 29.5 Å². The summed E-state index contributed by atoms with van der Waals surface area (Å²) in [5.41, 5.74) is 0.481. The minimum absolute atomic E-state index is 0.148. The molecule has 0 aromatic heterocycles. The van der Waals surface area contributed by atoms with Gasteiger partial charge in [0.2, 0.25) is 0 Å². The summed E-state index contributed by atoms with van der Waals surface area (Å²) in [6.07, 6.45) is 2.20. The van der Waals surface area contributed by atoms with Crippen molar-refractivity contribution in [1.29, 1.82) is 0 Å². The van der Waals surface area contributed by atoms with Gasteiger partial charge in [-0.05, 0) is 47.0 Å². The standard InChI is InChI=1S/C13H16BrFN2O3/c14-10-8-9(15)5-6-11(10)17-13(20)16-7-3-1-2-4-12(18)19/h5-6,8H,1-4,7H2,(H,18,19)(H2,16,17,20). The van der Waals surface area contributed by atoms with Gasteiger partial charge in [-0.25, -0.2) is 9.18 Å². The third-order valence-electron chi connectivity index (χ3n) is 2.53. The van der Waals surface area contributed by atoms with Crippen LogP contribution in [-0.4, -0.2) is 23.7 Å². The Morgan fingerprint density at radius 3 is 2.65 bits per heavy atom.